The van der Waals surface area contributed by atoms with Crippen LogP contribution >= 0.6 is 39.1 Å². The molecule has 1 nitrogen and oxygen atoms in total. The van der Waals surface area contributed by atoms with Crippen LogP contribution in [0.5, 0.6) is 0 Å². The average molecular weight is 345 g/mol. The summed E-state index contributed by atoms with van der Waals surface area (Å²) in [6.45, 7) is 2.08. The summed E-state index contributed by atoms with van der Waals surface area (Å²) in [4.78, 5) is 0. The van der Waals surface area contributed by atoms with E-state index in [9.17, 15) is 0 Å². The lowest BCUT2D eigenvalue weighted by Crippen LogP contribution is -2.06. The molecule has 2 aromatic carbocycles. The predicted octanol–water partition coefficient (Wildman–Crippen LogP) is 5.93. The fourth-order valence-corrected chi connectivity index (χ4v) is 2.46. The second kappa shape index (κ2) is 5.96. The predicted molar refractivity (Wildman–Crippen MR) is 82.6 cm³/mol. The third-order valence-corrected chi connectivity index (χ3v) is 3.71. The first-order valence-electron chi connectivity index (χ1n) is 5.53. The van der Waals surface area contributed by atoms with Crippen LogP contribution in [0.3, 0.4) is 0 Å². The summed E-state index contributed by atoms with van der Waals surface area (Å²) in [5.41, 5.74) is 2.03. The van der Waals surface area contributed by atoms with Crippen LogP contribution in [-0.2, 0) is 0 Å². The van der Waals surface area contributed by atoms with Gasteiger partial charge in [-0.25, -0.2) is 0 Å². The van der Waals surface area contributed by atoms with Gasteiger partial charge in [0.15, 0.2) is 0 Å². The fraction of sp³-hybridized carbons (Fsp3) is 0.143. The second-order valence-electron chi connectivity index (χ2n) is 4.05. The van der Waals surface area contributed by atoms with Crippen LogP contribution in [0.15, 0.2) is 46.9 Å². The number of anilines is 1. The van der Waals surface area contributed by atoms with Crippen molar-refractivity contribution < 1.29 is 0 Å². The smallest absolute Gasteiger partial charge is 0.0638 e. The van der Waals surface area contributed by atoms with E-state index in [0.717, 1.165) is 10.2 Å². The van der Waals surface area contributed by atoms with E-state index < -0.39 is 0 Å². The van der Waals surface area contributed by atoms with Crippen molar-refractivity contribution in [2.45, 2.75) is 13.0 Å². The number of hydrogen-bond acceptors (Lipinski definition) is 1. The van der Waals surface area contributed by atoms with Crippen molar-refractivity contribution in [2.75, 3.05) is 5.32 Å². The average Bonchev–Trinajstić information content (AvgIpc) is 2.34. The van der Waals surface area contributed by atoms with Crippen LogP contribution in [0.4, 0.5) is 5.69 Å². The zero-order valence-electron chi connectivity index (χ0n) is 9.75. The van der Waals surface area contributed by atoms with Crippen molar-refractivity contribution in [3.63, 3.8) is 0 Å². The molecule has 0 heterocycles. The van der Waals surface area contributed by atoms with Crippen molar-refractivity contribution >= 4 is 44.8 Å². The van der Waals surface area contributed by atoms with E-state index in [1.54, 1.807) is 12.1 Å². The topological polar surface area (TPSA) is 12.0 Å². The van der Waals surface area contributed by atoms with Gasteiger partial charge in [-0.3, -0.25) is 0 Å². The Bertz CT molecular complexity index is 557. The first-order valence-corrected chi connectivity index (χ1v) is 7.08. The molecule has 18 heavy (non-hydrogen) atoms. The summed E-state index contributed by atoms with van der Waals surface area (Å²) in [5, 5.41) is 4.69. The highest BCUT2D eigenvalue weighted by Crippen LogP contribution is 2.29. The van der Waals surface area contributed by atoms with Crippen LogP contribution in [0.1, 0.15) is 18.5 Å². The molecule has 0 fully saturated rings. The summed E-state index contributed by atoms with van der Waals surface area (Å²) in [5.74, 6) is 0. The SMILES string of the molecule is CC(Nc1cc(Cl)ccc1Cl)c1cccc(Br)c1. The monoisotopic (exact) mass is 343 g/mol. The van der Waals surface area contributed by atoms with Crippen molar-refractivity contribution in [3.8, 4) is 0 Å². The maximum atomic E-state index is 6.13. The molecule has 94 valence electrons. The van der Waals surface area contributed by atoms with Gasteiger partial charge in [-0.2, -0.15) is 0 Å². The Morgan fingerprint density at radius 2 is 1.89 bits per heavy atom. The van der Waals surface area contributed by atoms with Crippen molar-refractivity contribution in [1.82, 2.24) is 0 Å². The third kappa shape index (κ3) is 3.41. The molecule has 4 heteroatoms. The number of rotatable bonds is 3. The van der Waals surface area contributed by atoms with E-state index >= 15 is 0 Å². The molecule has 0 saturated carbocycles. The molecule has 2 aromatic rings. The molecule has 2 rings (SSSR count). The first kappa shape index (κ1) is 13.7. The molecule has 0 bridgehead atoms. The third-order valence-electron chi connectivity index (χ3n) is 2.65. The molecular formula is C14H12BrCl2N. The molecule has 1 unspecified atom stereocenters. The molecule has 0 amide bonds. The Hall–Kier alpha value is -0.700. The Morgan fingerprint density at radius 3 is 2.61 bits per heavy atom. The Balaban J connectivity index is 2.21. The maximum Gasteiger partial charge on any atom is 0.0638 e. The zero-order valence-corrected chi connectivity index (χ0v) is 12.9. The van der Waals surface area contributed by atoms with E-state index in [4.69, 9.17) is 23.2 Å². The van der Waals surface area contributed by atoms with Crippen LogP contribution in [-0.4, -0.2) is 0 Å². The van der Waals surface area contributed by atoms with Crippen LogP contribution in [0, 0.1) is 0 Å². The van der Waals surface area contributed by atoms with Crippen LogP contribution in [0.2, 0.25) is 10.0 Å². The van der Waals surface area contributed by atoms with E-state index in [2.05, 4.69) is 40.3 Å². The molecule has 1 atom stereocenters. The number of nitrogens with one attached hydrogen (secondary N) is 1. The quantitative estimate of drug-likeness (QED) is 0.727. The van der Waals surface area contributed by atoms with E-state index in [1.165, 1.54) is 5.56 Å². The van der Waals surface area contributed by atoms with E-state index in [0.29, 0.717) is 10.0 Å². The number of benzene rings is 2. The minimum absolute atomic E-state index is 0.151. The molecule has 0 aromatic heterocycles. The summed E-state index contributed by atoms with van der Waals surface area (Å²) < 4.78 is 1.06. The maximum absolute atomic E-state index is 6.13. The molecule has 0 spiro atoms. The van der Waals surface area contributed by atoms with Crippen LogP contribution < -0.4 is 5.32 Å². The van der Waals surface area contributed by atoms with Gasteiger partial charge in [0.2, 0.25) is 0 Å². The van der Waals surface area contributed by atoms with Gasteiger partial charge in [0, 0.05) is 15.5 Å². The van der Waals surface area contributed by atoms with Gasteiger partial charge >= 0.3 is 0 Å². The highest BCUT2D eigenvalue weighted by molar-refractivity contribution is 9.10. The van der Waals surface area contributed by atoms with E-state index in [-0.39, 0.29) is 6.04 Å². The minimum Gasteiger partial charge on any atom is -0.377 e. The van der Waals surface area contributed by atoms with E-state index in [1.807, 2.05) is 18.2 Å². The Morgan fingerprint density at radius 1 is 1.11 bits per heavy atom. The molecule has 0 aliphatic heterocycles. The highest BCUT2D eigenvalue weighted by Gasteiger charge is 2.08. The normalized spacial score (nSPS) is 12.2. The lowest BCUT2D eigenvalue weighted by Gasteiger charge is -2.17. The van der Waals surface area contributed by atoms with Crippen molar-refractivity contribution in [1.29, 1.82) is 0 Å². The zero-order chi connectivity index (χ0) is 13.1. The first-order chi connectivity index (χ1) is 8.56. The van der Waals surface area contributed by atoms with Gasteiger partial charge in [-0.05, 0) is 42.8 Å². The van der Waals surface area contributed by atoms with Crippen molar-refractivity contribution in [2.24, 2.45) is 0 Å². The molecule has 0 saturated heterocycles. The Kier molecular flexibility index (Phi) is 4.55. The summed E-state index contributed by atoms with van der Waals surface area (Å²) in [6, 6.07) is 13.7. The van der Waals surface area contributed by atoms with Gasteiger partial charge in [-0.1, -0.05) is 51.3 Å². The molecular weight excluding hydrogens is 333 g/mol. The summed E-state index contributed by atoms with van der Waals surface area (Å²) in [7, 11) is 0. The summed E-state index contributed by atoms with van der Waals surface area (Å²) in [6.07, 6.45) is 0. The molecule has 1 N–H and O–H groups in total. The van der Waals surface area contributed by atoms with Gasteiger partial charge in [0.1, 0.15) is 0 Å². The van der Waals surface area contributed by atoms with Gasteiger partial charge < -0.3 is 5.32 Å². The fourth-order valence-electron chi connectivity index (χ4n) is 1.70. The van der Waals surface area contributed by atoms with Crippen LogP contribution in [0.25, 0.3) is 0 Å². The second-order valence-corrected chi connectivity index (χ2v) is 5.80. The molecule has 0 aliphatic carbocycles. The largest absolute Gasteiger partial charge is 0.377 e. The van der Waals surface area contributed by atoms with Crippen molar-refractivity contribution in [3.05, 3.63) is 62.5 Å². The number of halogens is 3. The molecule has 0 aliphatic rings. The number of hydrogen-bond donors (Lipinski definition) is 1. The summed E-state index contributed by atoms with van der Waals surface area (Å²) >= 11 is 15.6. The minimum atomic E-state index is 0.151. The standard InChI is InChI=1S/C14H12BrCl2N/c1-9(10-3-2-4-11(15)7-10)18-14-8-12(16)5-6-13(14)17/h2-9,18H,1H3. The lowest BCUT2D eigenvalue weighted by molar-refractivity contribution is 0.884. The Labute approximate surface area is 125 Å². The lowest BCUT2D eigenvalue weighted by atomic mass is 10.1. The van der Waals surface area contributed by atoms with Gasteiger partial charge in [0.05, 0.1) is 10.7 Å². The van der Waals surface area contributed by atoms with Gasteiger partial charge in [-0.15, -0.1) is 0 Å². The highest BCUT2D eigenvalue weighted by atomic mass is 79.9. The van der Waals surface area contributed by atoms with Gasteiger partial charge in [0.25, 0.3) is 0 Å². The molecule has 0 radical (unpaired) electrons.